The van der Waals surface area contributed by atoms with E-state index in [0.29, 0.717) is 17.6 Å². The minimum atomic E-state index is 0.400. The molecule has 2 saturated carbocycles. The maximum Gasteiger partial charge on any atom is 0.191 e. The van der Waals surface area contributed by atoms with Crippen LogP contribution >= 0.6 is 0 Å². The molecular formula is C14H25N3O. The lowest BCUT2D eigenvalue weighted by atomic mass is 9.60. The quantitative estimate of drug-likeness (QED) is 0.802. The summed E-state index contributed by atoms with van der Waals surface area (Å²) in [6.07, 6.45) is 8.15. The van der Waals surface area contributed by atoms with Gasteiger partial charge in [-0.1, -0.05) is 12.8 Å². The van der Waals surface area contributed by atoms with Crippen molar-refractivity contribution in [2.24, 2.45) is 10.4 Å². The maximum absolute atomic E-state index is 5.93. The summed E-state index contributed by atoms with van der Waals surface area (Å²) < 4.78 is 5.93. The van der Waals surface area contributed by atoms with Crippen LogP contribution < -0.4 is 10.6 Å². The molecule has 0 saturated heterocycles. The Kier molecular flexibility index (Phi) is 3.46. The van der Waals surface area contributed by atoms with Gasteiger partial charge in [0.05, 0.1) is 6.10 Å². The Morgan fingerprint density at radius 3 is 2.89 bits per heavy atom. The molecule has 0 aromatic carbocycles. The summed E-state index contributed by atoms with van der Waals surface area (Å²) in [4.78, 5) is 4.53. The molecule has 3 aliphatic rings. The van der Waals surface area contributed by atoms with Crippen LogP contribution in [-0.4, -0.2) is 37.8 Å². The fourth-order valence-electron chi connectivity index (χ4n) is 3.88. The molecule has 0 radical (unpaired) electrons. The van der Waals surface area contributed by atoms with E-state index in [4.69, 9.17) is 4.74 Å². The van der Waals surface area contributed by atoms with Gasteiger partial charge in [-0.25, -0.2) is 0 Å². The molecular weight excluding hydrogens is 226 g/mol. The molecule has 2 unspecified atom stereocenters. The number of rotatable bonds is 3. The monoisotopic (exact) mass is 251 g/mol. The lowest BCUT2D eigenvalue weighted by Crippen LogP contribution is -2.65. The van der Waals surface area contributed by atoms with Gasteiger partial charge in [-0.15, -0.1) is 0 Å². The van der Waals surface area contributed by atoms with Crippen molar-refractivity contribution in [3.63, 3.8) is 0 Å². The van der Waals surface area contributed by atoms with Crippen LogP contribution in [0.3, 0.4) is 0 Å². The number of nitrogens with zero attached hydrogens (tertiary/aromatic N) is 1. The molecule has 0 amide bonds. The molecule has 1 heterocycles. The summed E-state index contributed by atoms with van der Waals surface area (Å²) in [6.45, 7) is 4.97. The second-order valence-corrected chi connectivity index (χ2v) is 5.83. The normalized spacial score (nSPS) is 33.7. The second kappa shape index (κ2) is 5.08. The molecule has 4 heteroatoms. The molecule has 2 fully saturated rings. The topological polar surface area (TPSA) is 45.6 Å². The van der Waals surface area contributed by atoms with Crippen molar-refractivity contribution >= 4 is 5.96 Å². The van der Waals surface area contributed by atoms with E-state index in [1.165, 1.54) is 25.7 Å². The maximum atomic E-state index is 5.93. The molecule has 18 heavy (non-hydrogen) atoms. The fraction of sp³-hybridized carbons (Fsp3) is 0.929. The Balaban J connectivity index is 1.64. The highest BCUT2D eigenvalue weighted by Gasteiger charge is 2.56. The van der Waals surface area contributed by atoms with Crippen molar-refractivity contribution in [2.45, 2.75) is 57.6 Å². The number of nitrogens with one attached hydrogen (secondary N) is 2. The first-order chi connectivity index (χ1) is 8.85. The van der Waals surface area contributed by atoms with Gasteiger partial charge >= 0.3 is 0 Å². The number of guanidine groups is 1. The molecule has 2 N–H and O–H groups in total. The van der Waals surface area contributed by atoms with E-state index in [-0.39, 0.29) is 0 Å². The molecule has 2 aliphatic carbocycles. The summed E-state index contributed by atoms with van der Waals surface area (Å²) in [6, 6.07) is 0.570. The van der Waals surface area contributed by atoms with Crippen LogP contribution in [0.2, 0.25) is 0 Å². The van der Waals surface area contributed by atoms with E-state index in [2.05, 4.69) is 22.5 Å². The van der Waals surface area contributed by atoms with Crippen LogP contribution in [0.15, 0.2) is 4.99 Å². The largest absolute Gasteiger partial charge is 0.378 e. The van der Waals surface area contributed by atoms with Gasteiger partial charge in [-0.2, -0.15) is 0 Å². The molecule has 4 nitrogen and oxygen atoms in total. The van der Waals surface area contributed by atoms with E-state index in [1.807, 2.05) is 0 Å². The highest BCUT2D eigenvalue weighted by Crippen LogP contribution is 2.54. The average molecular weight is 251 g/mol. The number of aliphatic imine (C=N–C) groups is 1. The zero-order valence-corrected chi connectivity index (χ0v) is 11.4. The third-order valence-electron chi connectivity index (χ3n) is 4.90. The van der Waals surface area contributed by atoms with Gasteiger partial charge in [0.2, 0.25) is 0 Å². The van der Waals surface area contributed by atoms with Crippen LogP contribution in [0.4, 0.5) is 0 Å². The van der Waals surface area contributed by atoms with Gasteiger partial charge in [0.1, 0.15) is 0 Å². The van der Waals surface area contributed by atoms with Crippen molar-refractivity contribution < 1.29 is 4.74 Å². The third kappa shape index (κ3) is 2.00. The van der Waals surface area contributed by atoms with Crippen LogP contribution in [0, 0.1) is 5.41 Å². The summed E-state index contributed by atoms with van der Waals surface area (Å²) in [7, 11) is 0. The first kappa shape index (κ1) is 12.3. The van der Waals surface area contributed by atoms with E-state index in [9.17, 15) is 0 Å². The van der Waals surface area contributed by atoms with E-state index >= 15 is 0 Å². The lowest BCUT2D eigenvalue weighted by Gasteiger charge is -2.54. The molecule has 1 aliphatic heterocycles. The smallest absolute Gasteiger partial charge is 0.191 e. The van der Waals surface area contributed by atoms with E-state index in [0.717, 1.165) is 38.5 Å². The van der Waals surface area contributed by atoms with Gasteiger partial charge in [0.25, 0.3) is 0 Å². The average Bonchev–Trinajstić information content (AvgIpc) is 2.91. The molecule has 102 valence electrons. The standard InChI is InChI=1S/C14H25N3O/c1-2-18-12-10-11(14(12)6-3-4-7-14)17-13-15-8-5-9-16-13/h11-12H,2-10H2,1H3,(H2,15,16,17). The van der Waals surface area contributed by atoms with Gasteiger partial charge in [0.15, 0.2) is 5.96 Å². The number of hydrogen-bond acceptors (Lipinski definition) is 4. The Bertz CT molecular complexity index is 323. The van der Waals surface area contributed by atoms with Crippen molar-refractivity contribution in [2.75, 3.05) is 19.7 Å². The zero-order chi connectivity index (χ0) is 12.4. The van der Waals surface area contributed by atoms with Crippen molar-refractivity contribution in [3.8, 4) is 0 Å². The van der Waals surface area contributed by atoms with Crippen LogP contribution in [0.25, 0.3) is 0 Å². The summed E-state index contributed by atoms with van der Waals surface area (Å²) >= 11 is 0. The zero-order valence-electron chi connectivity index (χ0n) is 11.4. The molecule has 3 rings (SSSR count). The minimum Gasteiger partial charge on any atom is -0.378 e. The summed E-state index contributed by atoms with van der Waals surface area (Å²) in [5.41, 5.74) is 0.400. The molecule has 0 aromatic rings. The molecule has 1 spiro atoms. The van der Waals surface area contributed by atoms with Crippen LogP contribution in [0.1, 0.15) is 45.4 Å². The highest BCUT2D eigenvalue weighted by molar-refractivity contribution is 5.80. The first-order valence-electron chi connectivity index (χ1n) is 7.51. The van der Waals surface area contributed by atoms with E-state index in [1.54, 1.807) is 0 Å². The Morgan fingerprint density at radius 2 is 2.22 bits per heavy atom. The van der Waals surface area contributed by atoms with Crippen molar-refractivity contribution in [3.05, 3.63) is 0 Å². The SMILES string of the molecule is CCOC1CC(NC2=NCCCN2)C12CCCC2. The van der Waals surface area contributed by atoms with Gasteiger partial charge in [0, 0.05) is 31.2 Å². The van der Waals surface area contributed by atoms with Crippen LogP contribution in [0.5, 0.6) is 0 Å². The minimum absolute atomic E-state index is 0.400. The molecule has 2 atom stereocenters. The third-order valence-corrected chi connectivity index (χ3v) is 4.90. The van der Waals surface area contributed by atoms with Gasteiger partial charge in [-0.3, -0.25) is 4.99 Å². The summed E-state index contributed by atoms with van der Waals surface area (Å²) in [5.74, 6) is 1.02. The fourth-order valence-corrected chi connectivity index (χ4v) is 3.88. The predicted molar refractivity (Wildman–Crippen MR) is 72.8 cm³/mol. The first-order valence-corrected chi connectivity index (χ1v) is 7.51. The highest BCUT2D eigenvalue weighted by atomic mass is 16.5. The predicted octanol–water partition coefficient (Wildman–Crippen LogP) is 1.66. The Labute approximate surface area is 110 Å². The molecule has 0 bridgehead atoms. The molecule has 0 aromatic heterocycles. The van der Waals surface area contributed by atoms with E-state index < -0.39 is 0 Å². The van der Waals surface area contributed by atoms with Crippen molar-refractivity contribution in [1.29, 1.82) is 0 Å². The van der Waals surface area contributed by atoms with Gasteiger partial charge < -0.3 is 15.4 Å². The van der Waals surface area contributed by atoms with Gasteiger partial charge in [-0.05, 0) is 32.6 Å². The van der Waals surface area contributed by atoms with Crippen LogP contribution in [-0.2, 0) is 4.74 Å². The summed E-state index contributed by atoms with van der Waals surface area (Å²) in [5, 5.41) is 7.00. The lowest BCUT2D eigenvalue weighted by molar-refractivity contribution is -0.125. The number of ether oxygens (including phenoxy) is 1. The van der Waals surface area contributed by atoms with Crippen molar-refractivity contribution in [1.82, 2.24) is 10.6 Å². The second-order valence-electron chi connectivity index (χ2n) is 5.83. The Morgan fingerprint density at radius 1 is 1.39 bits per heavy atom. The Hall–Kier alpha value is -0.770. The number of hydrogen-bond donors (Lipinski definition) is 2.